The van der Waals surface area contributed by atoms with E-state index in [2.05, 4.69) is 11.9 Å². The predicted molar refractivity (Wildman–Crippen MR) is 67.8 cm³/mol. The number of thiophene rings is 1. The maximum Gasteiger partial charge on any atom is 0.329 e. The quantitative estimate of drug-likeness (QED) is 0.843. The zero-order valence-electron chi connectivity index (χ0n) is 9.52. The molecule has 0 aliphatic heterocycles. The van der Waals surface area contributed by atoms with Gasteiger partial charge in [-0.2, -0.15) is 0 Å². The van der Waals surface area contributed by atoms with E-state index in [0.29, 0.717) is 10.2 Å². The fourth-order valence-corrected chi connectivity index (χ4v) is 2.91. The minimum absolute atomic E-state index is 0.0308. The van der Waals surface area contributed by atoms with Crippen LogP contribution in [-0.2, 0) is 13.0 Å². The van der Waals surface area contributed by atoms with Gasteiger partial charge in [0.25, 0.3) is 5.56 Å². The van der Waals surface area contributed by atoms with Crippen molar-refractivity contribution in [3.8, 4) is 0 Å². The van der Waals surface area contributed by atoms with Gasteiger partial charge in [0.05, 0.1) is 18.5 Å². The maximum absolute atomic E-state index is 12.0. The number of nitrogens with zero attached hydrogens (tertiary/aromatic N) is 1. The highest BCUT2D eigenvalue weighted by Crippen LogP contribution is 2.21. The van der Waals surface area contributed by atoms with Crippen LogP contribution in [0.3, 0.4) is 0 Å². The van der Waals surface area contributed by atoms with Crippen molar-refractivity contribution in [3.05, 3.63) is 31.8 Å². The van der Waals surface area contributed by atoms with Crippen LogP contribution in [0.1, 0.15) is 18.2 Å². The van der Waals surface area contributed by atoms with E-state index < -0.39 is 5.69 Å². The standard InChI is InChI=1S/C11H14N2O3S/c1-2-3-7-6-8-9(17-7)12-11(16)13(4-5-14)10(8)15/h6,14H,2-5H2,1H3,(H,12,16). The van der Waals surface area contributed by atoms with E-state index in [0.717, 1.165) is 22.3 Å². The molecule has 92 valence electrons. The molecule has 0 saturated carbocycles. The van der Waals surface area contributed by atoms with Crippen LogP contribution in [0.2, 0.25) is 0 Å². The highest BCUT2D eigenvalue weighted by atomic mass is 32.1. The summed E-state index contributed by atoms with van der Waals surface area (Å²) in [5, 5.41) is 9.35. The van der Waals surface area contributed by atoms with Crippen molar-refractivity contribution in [2.45, 2.75) is 26.3 Å². The first kappa shape index (κ1) is 12.1. The fourth-order valence-electron chi connectivity index (χ4n) is 1.77. The van der Waals surface area contributed by atoms with Crippen LogP contribution in [-0.4, -0.2) is 21.3 Å². The molecule has 2 rings (SSSR count). The van der Waals surface area contributed by atoms with E-state index in [1.165, 1.54) is 11.3 Å². The zero-order valence-corrected chi connectivity index (χ0v) is 10.3. The number of aromatic amines is 1. The Morgan fingerprint density at radius 2 is 2.24 bits per heavy atom. The number of hydrogen-bond donors (Lipinski definition) is 2. The first-order valence-corrected chi connectivity index (χ1v) is 6.35. The summed E-state index contributed by atoms with van der Waals surface area (Å²) < 4.78 is 1.03. The third-order valence-corrected chi connectivity index (χ3v) is 3.65. The molecule has 6 heteroatoms. The number of aliphatic hydroxyl groups is 1. The third kappa shape index (κ3) is 2.18. The summed E-state index contributed by atoms with van der Waals surface area (Å²) in [6.45, 7) is 1.88. The molecule has 0 unspecified atom stereocenters. The molecule has 0 bridgehead atoms. The average molecular weight is 254 g/mol. The van der Waals surface area contributed by atoms with E-state index in [9.17, 15) is 9.59 Å². The van der Waals surface area contributed by atoms with Gasteiger partial charge in [-0.1, -0.05) is 13.3 Å². The molecule has 0 aliphatic rings. The second-order valence-electron chi connectivity index (χ2n) is 3.82. The lowest BCUT2D eigenvalue weighted by atomic mass is 10.2. The van der Waals surface area contributed by atoms with Crippen LogP contribution in [0.15, 0.2) is 15.7 Å². The van der Waals surface area contributed by atoms with Gasteiger partial charge in [0.1, 0.15) is 4.83 Å². The molecule has 0 aliphatic carbocycles. The molecule has 0 aromatic carbocycles. The Bertz CT molecular complexity index is 638. The summed E-state index contributed by atoms with van der Waals surface area (Å²) in [7, 11) is 0. The van der Waals surface area contributed by atoms with Crippen LogP contribution < -0.4 is 11.2 Å². The number of aliphatic hydroxyl groups excluding tert-OH is 1. The molecule has 17 heavy (non-hydrogen) atoms. The number of H-pyrrole nitrogens is 1. The molecular formula is C11H14N2O3S. The maximum atomic E-state index is 12.0. The van der Waals surface area contributed by atoms with Gasteiger partial charge in [-0.3, -0.25) is 14.3 Å². The van der Waals surface area contributed by atoms with E-state index >= 15 is 0 Å². The van der Waals surface area contributed by atoms with Crippen molar-refractivity contribution >= 4 is 21.6 Å². The molecule has 0 spiro atoms. The Morgan fingerprint density at radius 1 is 1.47 bits per heavy atom. The van der Waals surface area contributed by atoms with Crippen LogP contribution in [0.25, 0.3) is 10.2 Å². The molecule has 2 N–H and O–H groups in total. The van der Waals surface area contributed by atoms with Crippen LogP contribution in [0.4, 0.5) is 0 Å². The van der Waals surface area contributed by atoms with E-state index in [1.54, 1.807) is 0 Å². The summed E-state index contributed by atoms with van der Waals surface area (Å²) in [6.07, 6.45) is 1.91. The Balaban J connectivity index is 2.65. The third-order valence-electron chi connectivity index (χ3n) is 2.54. The molecule has 0 radical (unpaired) electrons. The predicted octanol–water partition coefficient (Wildman–Crippen LogP) is 0.696. The van der Waals surface area contributed by atoms with Gasteiger partial charge < -0.3 is 5.11 Å². The number of aryl methyl sites for hydroxylation is 1. The highest BCUT2D eigenvalue weighted by molar-refractivity contribution is 7.18. The van der Waals surface area contributed by atoms with Crippen molar-refractivity contribution in [2.75, 3.05) is 6.61 Å². The van der Waals surface area contributed by atoms with E-state index in [-0.39, 0.29) is 18.7 Å². The van der Waals surface area contributed by atoms with Crippen molar-refractivity contribution in [1.82, 2.24) is 9.55 Å². The van der Waals surface area contributed by atoms with Crippen LogP contribution >= 0.6 is 11.3 Å². The summed E-state index contributed by atoms with van der Waals surface area (Å²) in [4.78, 5) is 28.0. The first-order chi connectivity index (χ1) is 8.17. The lowest BCUT2D eigenvalue weighted by Crippen LogP contribution is -2.35. The summed E-state index contributed by atoms with van der Waals surface area (Å²) >= 11 is 1.45. The lowest BCUT2D eigenvalue weighted by Gasteiger charge is -2.00. The van der Waals surface area contributed by atoms with E-state index in [1.807, 2.05) is 6.07 Å². The van der Waals surface area contributed by atoms with Gasteiger partial charge in [-0.05, 0) is 12.5 Å². The number of nitrogens with one attached hydrogen (secondary N) is 1. The second-order valence-corrected chi connectivity index (χ2v) is 4.95. The minimum Gasteiger partial charge on any atom is -0.395 e. The summed E-state index contributed by atoms with van der Waals surface area (Å²) in [5.74, 6) is 0. The highest BCUT2D eigenvalue weighted by Gasteiger charge is 2.10. The Kier molecular flexibility index (Phi) is 3.44. The van der Waals surface area contributed by atoms with Gasteiger partial charge in [-0.15, -0.1) is 11.3 Å². The van der Waals surface area contributed by atoms with Crippen molar-refractivity contribution in [2.24, 2.45) is 0 Å². The van der Waals surface area contributed by atoms with Crippen molar-refractivity contribution < 1.29 is 5.11 Å². The minimum atomic E-state index is -0.457. The van der Waals surface area contributed by atoms with Gasteiger partial charge in [0, 0.05) is 4.88 Å². The van der Waals surface area contributed by atoms with Gasteiger partial charge in [0.15, 0.2) is 0 Å². The number of fused-ring (bicyclic) bond motifs is 1. The molecule has 0 atom stereocenters. The number of aromatic nitrogens is 2. The smallest absolute Gasteiger partial charge is 0.329 e. The monoisotopic (exact) mass is 254 g/mol. The Morgan fingerprint density at radius 3 is 2.88 bits per heavy atom. The van der Waals surface area contributed by atoms with Crippen LogP contribution in [0.5, 0.6) is 0 Å². The molecule has 5 nitrogen and oxygen atoms in total. The normalized spacial score (nSPS) is 11.2. The fraction of sp³-hybridized carbons (Fsp3) is 0.455. The van der Waals surface area contributed by atoms with Crippen molar-refractivity contribution in [1.29, 1.82) is 0 Å². The molecule has 0 fully saturated rings. The van der Waals surface area contributed by atoms with E-state index in [4.69, 9.17) is 5.11 Å². The lowest BCUT2D eigenvalue weighted by molar-refractivity contribution is 0.272. The molecule has 0 saturated heterocycles. The summed E-state index contributed by atoms with van der Waals surface area (Å²) in [5.41, 5.74) is -0.780. The second kappa shape index (κ2) is 4.85. The number of hydrogen-bond acceptors (Lipinski definition) is 4. The first-order valence-electron chi connectivity index (χ1n) is 5.53. The number of rotatable bonds is 4. The Labute approximate surface area is 101 Å². The topological polar surface area (TPSA) is 75.1 Å². The average Bonchev–Trinajstić information content (AvgIpc) is 2.67. The molecular weight excluding hydrogens is 240 g/mol. The Hall–Kier alpha value is -1.40. The largest absolute Gasteiger partial charge is 0.395 e. The van der Waals surface area contributed by atoms with Crippen molar-refractivity contribution in [3.63, 3.8) is 0 Å². The van der Waals surface area contributed by atoms with Gasteiger partial charge in [-0.25, -0.2) is 4.79 Å². The van der Waals surface area contributed by atoms with Crippen LogP contribution in [0, 0.1) is 0 Å². The molecule has 2 aromatic heterocycles. The van der Waals surface area contributed by atoms with Gasteiger partial charge >= 0.3 is 5.69 Å². The summed E-state index contributed by atoms with van der Waals surface area (Å²) in [6, 6.07) is 1.83. The van der Waals surface area contributed by atoms with Gasteiger partial charge in [0.2, 0.25) is 0 Å². The zero-order chi connectivity index (χ0) is 12.4. The molecule has 2 heterocycles. The molecule has 0 amide bonds. The SMILES string of the molecule is CCCc1cc2c(=O)n(CCO)c(=O)[nH]c2s1. The molecule has 2 aromatic rings.